The highest BCUT2D eigenvalue weighted by Gasteiger charge is 2.15. The summed E-state index contributed by atoms with van der Waals surface area (Å²) >= 11 is 0. The van der Waals surface area contributed by atoms with E-state index in [9.17, 15) is 0 Å². The molecule has 2 aromatic rings. The summed E-state index contributed by atoms with van der Waals surface area (Å²) in [5.74, 6) is 1.42. The van der Waals surface area contributed by atoms with Crippen LogP contribution in [-0.4, -0.2) is 20.6 Å². The monoisotopic (exact) mass is 228 g/mol. The minimum absolute atomic E-state index is 0.667. The van der Waals surface area contributed by atoms with E-state index in [1.165, 1.54) is 37.7 Å². The van der Waals surface area contributed by atoms with E-state index in [-0.39, 0.29) is 0 Å². The molecule has 1 aromatic heterocycles. The highest BCUT2D eigenvalue weighted by Crippen LogP contribution is 2.33. The Morgan fingerprint density at radius 3 is 2.41 bits per heavy atom. The Bertz CT molecular complexity index is 455. The third-order valence-corrected chi connectivity index (χ3v) is 3.59. The standard InChI is InChI=1S/C13H16N4/c1-2-4-10(5-3-1)11-6-8-12(9-7-11)13-14-16-17-15-13/h6-10H,1-5H2,(H,14,15,16,17). The maximum atomic E-state index is 3.98. The molecular weight excluding hydrogens is 212 g/mol. The van der Waals surface area contributed by atoms with E-state index in [0.717, 1.165) is 11.5 Å². The fourth-order valence-electron chi connectivity index (χ4n) is 2.62. The second kappa shape index (κ2) is 4.65. The smallest absolute Gasteiger partial charge is 0.177 e. The molecule has 3 rings (SSSR count). The summed E-state index contributed by atoms with van der Waals surface area (Å²) in [6, 6.07) is 8.60. The van der Waals surface area contributed by atoms with Gasteiger partial charge in [0.2, 0.25) is 5.82 Å². The second-order valence-corrected chi connectivity index (χ2v) is 4.69. The van der Waals surface area contributed by atoms with E-state index >= 15 is 0 Å². The van der Waals surface area contributed by atoms with Gasteiger partial charge in [0, 0.05) is 5.56 Å². The first-order chi connectivity index (χ1) is 8.43. The van der Waals surface area contributed by atoms with Gasteiger partial charge in [-0.15, -0.1) is 10.2 Å². The van der Waals surface area contributed by atoms with Crippen molar-refractivity contribution in [2.24, 2.45) is 0 Å². The Morgan fingerprint density at radius 1 is 1.00 bits per heavy atom. The maximum absolute atomic E-state index is 3.98. The predicted molar refractivity (Wildman–Crippen MR) is 65.4 cm³/mol. The van der Waals surface area contributed by atoms with Gasteiger partial charge in [-0.3, -0.25) is 0 Å². The van der Waals surface area contributed by atoms with Crippen molar-refractivity contribution in [3.05, 3.63) is 29.8 Å². The molecule has 17 heavy (non-hydrogen) atoms. The van der Waals surface area contributed by atoms with Crippen LogP contribution in [0.25, 0.3) is 11.4 Å². The second-order valence-electron chi connectivity index (χ2n) is 4.69. The zero-order valence-corrected chi connectivity index (χ0v) is 9.76. The van der Waals surface area contributed by atoms with Crippen molar-refractivity contribution in [3.8, 4) is 11.4 Å². The van der Waals surface area contributed by atoms with Gasteiger partial charge in [-0.2, -0.15) is 5.21 Å². The van der Waals surface area contributed by atoms with Crippen molar-refractivity contribution < 1.29 is 0 Å². The lowest BCUT2D eigenvalue weighted by Gasteiger charge is -2.21. The zero-order chi connectivity index (χ0) is 11.5. The van der Waals surface area contributed by atoms with Crippen LogP contribution >= 0.6 is 0 Å². The van der Waals surface area contributed by atoms with E-state index in [4.69, 9.17) is 0 Å². The quantitative estimate of drug-likeness (QED) is 0.859. The lowest BCUT2D eigenvalue weighted by Crippen LogP contribution is -2.04. The SMILES string of the molecule is c1cc(C2CCCCC2)ccc1-c1nn[nH]n1. The first-order valence-corrected chi connectivity index (χ1v) is 6.27. The summed E-state index contributed by atoms with van der Waals surface area (Å²) in [5, 5.41) is 14.0. The fourth-order valence-corrected chi connectivity index (χ4v) is 2.62. The van der Waals surface area contributed by atoms with Gasteiger partial charge in [-0.1, -0.05) is 43.5 Å². The first-order valence-electron chi connectivity index (χ1n) is 6.27. The van der Waals surface area contributed by atoms with Crippen LogP contribution in [0.1, 0.15) is 43.6 Å². The molecule has 1 N–H and O–H groups in total. The summed E-state index contributed by atoms with van der Waals surface area (Å²) in [4.78, 5) is 0. The number of benzene rings is 1. The number of aromatic amines is 1. The number of nitrogens with one attached hydrogen (secondary N) is 1. The lowest BCUT2D eigenvalue weighted by atomic mass is 9.84. The summed E-state index contributed by atoms with van der Waals surface area (Å²) in [7, 11) is 0. The molecule has 0 amide bonds. The topological polar surface area (TPSA) is 54.5 Å². The Balaban J connectivity index is 1.80. The van der Waals surface area contributed by atoms with Crippen LogP contribution in [0.3, 0.4) is 0 Å². The molecule has 0 atom stereocenters. The van der Waals surface area contributed by atoms with E-state index in [2.05, 4.69) is 44.9 Å². The summed E-state index contributed by atoms with van der Waals surface area (Å²) in [6.07, 6.45) is 6.81. The van der Waals surface area contributed by atoms with Gasteiger partial charge in [-0.05, 0) is 29.5 Å². The number of nitrogens with zero attached hydrogens (tertiary/aromatic N) is 3. The molecule has 1 aliphatic carbocycles. The zero-order valence-electron chi connectivity index (χ0n) is 9.76. The number of hydrogen-bond acceptors (Lipinski definition) is 3. The van der Waals surface area contributed by atoms with Crippen molar-refractivity contribution in [3.63, 3.8) is 0 Å². The lowest BCUT2D eigenvalue weighted by molar-refractivity contribution is 0.443. The summed E-state index contributed by atoms with van der Waals surface area (Å²) in [6.45, 7) is 0. The summed E-state index contributed by atoms with van der Waals surface area (Å²) < 4.78 is 0. The van der Waals surface area contributed by atoms with Crippen LogP contribution in [0.15, 0.2) is 24.3 Å². The van der Waals surface area contributed by atoms with Crippen LogP contribution in [0, 0.1) is 0 Å². The van der Waals surface area contributed by atoms with Gasteiger partial charge in [0.15, 0.2) is 0 Å². The number of tetrazole rings is 1. The Kier molecular flexibility index (Phi) is 2.86. The van der Waals surface area contributed by atoms with E-state index < -0.39 is 0 Å². The molecule has 0 radical (unpaired) electrons. The van der Waals surface area contributed by atoms with Crippen molar-refractivity contribution in [1.29, 1.82) is 0 Å². The molecule has 1 aromatic carbocycles. The molecule has 1 fully saturated rings. The fraction of sp³-hybridized carbons (Fsp3) is 0.462. The van der Waals surface area contributed by atoms with Gasteiger partial charge in [0.25, 0.3) is 0 Å². The Hall–Kier alpha value is -1.71. The van der Waals surface area contributed by atoms with Crippen molar-refractivity contribution >= 4 is 0 Å². The maximum Gasteiger partial charge on any atom is 0.204 e. The average molecular weight is 228 g/mol. The van der Waals surface area contributed by atoms with Crippen LogP contribution in [-0.2, 0) is 0 Å². The van der Waals surface area contributed by atoms with E-state index in [1.54, 1.807) is 0 Å². The average Bonchev–Trinajstić information content (AvgIpc) is 2.94. The van der Waals surface area contributed by atoms with Crippen LogP contribution < -0.4 is 0 Å². The number of aromatic nitrogens is 4. The molecule has 4 nitrogen and oxygen atoms in total. The Morgan fingerprint density at radius 2 is 1.76 bits per heavy atom. The highest BCUT2D eigenvalue weighted by atomic mass is 15.5. The third kappa shape index (κ3) is 2.20. The van der Waals surface area contributed by atoms with Gasteiger partial charge in [-0.25, -0.2) is 0 Å². The van der Waals surface area contributed by atoms with Crippen molar-refractivity contribution in [2.45, 2.75) is 38.0 Å². The normalized spacial score (nSPS) is 17.2. The minimum Gasteiger partial charge on any atom is -0.177 e. The third-order valence-electron chi connectivity index (χ3n) is 3.59. The molecule has 1 aliphatic rings. The molecule has 0 aliphatic heterocycles. The number of hydrogen-bond donors (Lipinski definition) is 1. The molecular formula is C13H16N4. The van der Waals surface area contributed by atoms with E-state index in [0.29, 0.717) is 5.82 Å². The molecule has 0 bridgehead atoms. The van der Waals surface area contributed by atoms with Gasteiger partial charge in [0.05, 0.1) is 0 Å². The molecule has 4 heteroatoms. The predicted octanol–water partition coefficient (Wildman–Crippen LogP) is 2.91. The van der Waals surface area contributed by atoms with E-state index in [1.807, 2.05) is 0 Å². The van der Waals surface area contributed by atoms with Crippen molar-refractivity contribution in [1.82, 2.24) is 20.6 Å². The molecule has 1 saturated carbocycles. The highest BCUT2D eigenvalue weighted by molar-refractivity contribution is 5.54. The van der Waals surface area contributed by atoms with Crippen LogP contribution in [0.5, 0.6) is 0 Å². The molecule has 0 saturated heterocycles. The minimum atomic E-state index is 0.667. The number of rotatable bonds is 2. The molecule has 1 heterocycles. The largest absolute Gasteiger partial charge is 0.204 e. The van der Waals surface area contributed by atoms with Crippen LogP contribution in [0.4, 0.5) is 0 Å². The summed E-state index contributed by atoms with van der Waals surface area (Å²) in [5.41, 5.74) is 2.48. The van der Waals surface area contributed by atoms with Crippen molar-refractivity contribution in [2.75, 3.05) is 0 Å². The van der Waals surface area contributed by atoms with Gasteiger partial charge >= 0.3 is 0 Å². The van der Waals surface area contributed by atoms with Crippen LogP contribution in [0.2, 0.25) is 0 Å². The molecule has 88 valence electrons. The Labute approximate surface area is 100 Å². The molecule has 0 spiro atoms. The molecule has 0 unspecified atom stereocenters. The first kappa shape index (κ1) is 10.4. The van der Waals surface area contributed by atoms with Gasteiger partial charge in [0.1, 0.15) is 0 Å². The number of H-pyrrole nitrogens is 1. The van der Waals surface area contributed by atoms with Gasteiger partial charge < -0.3 is 0 Å².